The second kappa shape index (κ2) is 5.14. The van der Waals surface area contributed by atoms with E-state index in [0.29, 0.717) is 0 Å². The standard InChI is InChI=1S/C16H19N5OS/c1-2-16(3-7-22-8-4-16)14-19-18-13(21(14)5-1)10-12-11-20-6-9-23-15(20)17-12/h6,9,11H,1-5,7-8,10H2. The SMILES string of the molecule is c1cn2cc(Cc3nnc4n3CCCC43CCOCC3)nc2s1. The molecular formula is C16H19N5OS. The molecule has 2 aliphatic heterocycles. The van der Waals surface area contributed by atoms with Crippen molar-refractivity contribution in [2.45, 2.75) is 44.1 Å². The number of imidazole rings is 1. The molecule has 2 aliphatic rings. The van der Waals surface area contributed by atoms with Gasteiger partial charge in [-0.2, -0.15) is 0 Å². The van der Waals surface area contributed by atoms with Crippen molar-refractivity contribution in [3.8, 4) is 0 Å². The zero-order valence-electron chi connectivity index (χ0n) is 12.9. The number of hydrogen-bond acceptors (Lipinski definition) is 5. The molecule has 3 aromatic rings. The van der Waals surface area contributed by atoms with Crippen LogP contribution in [0.5, 0.6) is 0 Å². The van der Waals surface area contributed by atoms with Crippen LogP contribution in [0.25, 0.3) is 4.96 Å². The zero-order chi connectivity index (χ0) is 15.3. The largest absolute Gasteiger partial charge is 0.381 e. The fourth-order valence-corrected chi connectivity index (χ4v) is 4.76. The Morgan fingerprint density at radius 3 is 3.00 bits per heavy atom. The van der Waals surface area contributed by atoms with E-state index in [0.717, 1.165) is 55.5 Å². The molecule has 120 valence electrons. The second-order valence-electron chi connectivity index (χ2n) is 6.59. The molecule has 0 aliphatic carbocycles. The van der Waals surface area contributed by atoms with Gasteiger partial charge in [-0.1, -0.05) is 0 Å². The van der Waals surface area contributed by atoms with Crippen molar-refractivity contribution in [1.29, 1.82) is 0 Å². The minimum Gasteiger partial charge on any atom is -0.381 e. The van der Waals surface area contributed by atoms with Crippen LogP contribution in [0, 0.1) is 0 Å². The lowest BCUT2D eigenvalue weighted by Gasteiger charge is -2.39. The van der Waals surface area contributed by atoms with Gasteiger partial charge in [0.25, 0.3) is 0 Å². The molecule has 0 N–H and O–H groups in total. The minimum atomic E-state index is 0.191. The van der Waals surface area contributed by atoms with Crippen molar-refractivity contribution < 1.29 is 4.74 Å². The smallest absolute Gasteiger partial charge is 0.193 e. The Balaban J connectivity index is 1.49. The first-order chi connectivity index (χ1) is 11.3. The number of fused-ring (bicyclic) bond motifs is 3. The van der Waals surface area contributed by atoms with E-state index >= 15 is 0 Å². The van der Waals surface area contributed by atoms with Crippen LogP contribution in [-0.2, 0) is 23.1 Å². The summed E-state index contributed by atoms with van der Waals surface area (Å²) in [6.07, 6.45) is 9.48. The van der Waals surface area contributed by atoms with E-state index in [9.17, 15) is 0 Å². The van der Waals surface area contributed by atoms with Gasteiger partial charge in [0.05, 0.1) is 12.1 Å². The van der Waals surface area contributed by atoms with Gasteiger partial charge in [-0.3, -0.25) is 4.40 Å². The van der Waals surface area contributed by atoms with E-state index in [2.05, 4.69) is 35.7 Å². The van der Waals surface area contributed by atoms with Gasteiger partial charge in [0.2, 0.25) is 0 Å². The third-order valence-corrected chi connectivity index (χ3v) is 6.04. The summed E-state index contributed by atoms with van der Waals surface area (Å²) >= 11 is 1.66. The van der Waals surface area contributed by atoms with Gasteiger partial charge in [-0.15, -0.1) is 21.5 Å². The van der Waals surface area contributed by atoms with Crippen LogP contribution >= 0.6 is 11.3 Å². The minimum absolute atomic E-state index is 0.191. The molecule has 0 aromatic carbocycles. The highest BCUT2D eigenvalue weighted by Crippen LogP contribution is 2.41. The Morgan fingerprint density at radius 2 is 2.13 bits per heavy atom. The van der Waals surface area contributed by atoms with E-state index < -0.39 is 0 Å². The van der Waals surface area contributed by atoms with Gasteiger partial charge in [-0.25, -0.2) is 4.98 Å². The first kappa shape index (κ1) is 13.7. The molecule has 7 heteroatoms. The molecule has 0 amide bonds. The molecule has 0 radical (unpaired) electrons. The van der Waals surface area contributed by atoms with E-state index in [4.69, 9.17) is 4.74 Å². The average molecular weight is 329 g/mol. The first-order valence-electron chi connectivity index (χ1n) is 8.25. The molecule has 1 saturated heterocycles. The Hall–Kier alpha value is -1.73. The number of aromatic nitrogens is 5. The van der Waals surface area contributed by atoms with Gasteiger partial charge in [0.1, 0.15) is 11.6 Å². The highest BCUT2D eigenvalue weighted by atomic mass is 32.1. The molecule has 1 spiro atoms. The first-order valence-corrected chi connectivity index (χ1v) is 9.13. The third kappa shape index (κ3) is 2.14. The van der Waals surface area contributed by atoms with Crippen LogP contribution in [0.3, 0.4) is 0 Å². The molecule has 0 unspecified atom stereocenters. The average Bonchev–Trinajstić information content (AvgIpc) is 3.25. The van der Waals surface area contributed by atoms with Crippen molar-refractivity contribution >= 4 is 16.3 Å². The summed E-state index contributed by atoms with van der Waals surface area (Å²) in [5.41, 5.74) is 1.26. The van der Waals surface area contributed by atoms with Gasteiger partial charge in [0, 0.05) is 42.9 Å². The maximum absolute atomic E-state index is 5.57. The molecule has 0 saturated carbocycles. The van der Waals surface area contributed by atoms with E-state index in [1.165, 1.54) is 18.7 Å². The maximum atomic E-state index is 5.57. The number of nitrogens with zero attached hydrogens (tertiary/aromatic N) is 5. The van der Waals surface area contributed by atoms with Crippen LogP contribution in [0.1, 0.15) is 43.0 Å². The number of thiazole rings is 1. The quantitative estimate of drug-likeness (QED) is 0.724. The lowest BCUT2D eigenvalue weighted by Crippen LogP contribution is -2.39. The van der Waals surface area contributed by atoms with Gasteiger partial charge < -0.3 is 9.30 Å². The molecule has 5 heterocycles. The van der Waals surface area contributed by atoms with Crippen LogP contribution in [0.15, 0.2) is 17.8 Å². The number of rotatable bonds is 2. The van der Waals surface area contributed by atoms with Crippen molar-refractivity contribution in [3.05, 3.63) is 35.1 Å². The van der Waals surface area contributed by atoms with Crippen molar-refractivity contribution in [3.63, 3.8) is 0 Å². The lowest BCUT2D eigenvalue weighted by atomic mass is 9.74. The Morgan fingerprint density at radius 1 is 1.22 bits per heavy atom. The van der Waals surface area contributed by atoms with Crippen LogP contribution in [-0.4, -0.2) is 37.4 Å². The zero-order valence-corrected chi connectivity index (χ0v) is 13.8. The molecule has 0 atom stereocenters. The number of hydrogen-bond donors (Lipinski definition) is 0. The van der Waals surface area contributed by atoms with Gasteiger partial charge >= 0.3 is 0 Å². The molecule has 3 aromatic heterocycles. The highest BCUT2D eigenvalue weighted by molar-refractivity contribution is 7.15. The highest BCUT2D eigenvalue weighted by Gasteiger charge is 2.41. The maximum Gasteiger partial charge on any atom is 0.193 e. The van der Waals surface area contributed by atoms with Crippen LogP contribution in [0.2, 0.25) is 0 Å². The Bertz CT molecular complexity index is 813. The predicted molar refractivity (Wildman–Crippen MR) is 86.9 cm³/mol. The normalized spacial score (nSPS) is 20.2. The lowest BCUT2D eigenvalue weighted by molar-refractivity contribution is 0.0360. The summed E-state index contributed by atoms with van der Waals surface area (Å²) in [5.74, 6) is 2.24. The Kier molecular flexibility index (Phi) is 3.06. The van der Waals surface area contributed by atoms with Crippen LogP contribution < -0.4 is 0 Å². The third-order valence-electron chi connectivity index (χ3n) is 5.27. The number of ether oxygens (including phenoxy) is 1. The topological polar surface area (TPSA) is 57.2 Å². The molecule has 0 bridgehead atoms. The fourth-order valence-electron chi connectivity index (χ4n) is 4.04. The molecule has 23 heavy (non-hydrogen) atoms. The summed E-state index contributed by atoms with van der Waals surface area (Å²) in [6.45, 7) is 2.72. The summed E-state index contributed by atoms with van der Waals surface area (Å²) < 4.78 is 10.00. The summed E-state index contributed by atoms with van der Waals surface area (Å²) in [7, 11) is 0. The fraction of sp³-hybridized carbons (Fsp3) is 0.562. The van der Waals surface area contributed by atoms with Crippen LogP contribution in [0.4, 0.5) is 0 Å². The monoisotopic (exact) mass is 329 g/mol. The van der Waals surface area contributed by atoms with Crippen molar-refractivity contribution in [1.82, 2.24) is 24.1 Å². The van der Waals surface area contributed by atoms with E-state index in [1.54, 1.807) is 11.3 Å². The molecular weight excluding hydrogens is 310 g/mol. The molecule has 1 fully saturated rings. The van der Waals surface area contributed by atoms with E-state index in [-0.39, 0.29) is 5.41 Å². The van der Waals surface area contributed by atoms with Crippen molar-refractivity contribution in [2.24, 2.45) is 0 Å². The summed E-state index contributed by atoms with van der Waals surface area (Å²) in [5, 5.41) is 11.2. The predicted octanol–water partition coefficient (Wildman–Crippen LogP) is 2.42. The Labute approximate surface area is 138 Å². The van der Waals surface area contributed by atoms with Gasteiger partial charge in [0.15, 0.2) is 4.96 Å². The molecule has 5 rings (SSSR count). The summed E-state index contributed by atoms with van der Waals surface area (Å²) in [4.78, 5) is 5.72. The van der Waals surface area contributed by atoms with E-state index in [1.807, 2.05) is 6.20 Å². The van der Waals surface area contributed by atoms with Crippen molar-refractivity contribution in [2.75, 3.05) is 13.2 Å². The molecule has 6 nitrogen and oxygen atoms in total. The summed E-state index contributed by atoms with van der Waals surface area (Å²) in [6, 6.07) is 0. The van der Waals surface area contributed by atoms with Gasteiger partial charge in [-0.05, 0) is 25.7 Å². The second-order valence-corrected chi connectivity index (χ2v) is 7.46.